The van der Waals surface area contributed by atoms with Gasteiger partial charge >= 0.3 is 0 Å². The third-order valence-electron chi connectivity index (χ3n) is 5.06. The first kappa shape index (κ1) is 17.9. The minimum Gasteiger partial charge on any atom is -0.291 e. The molecule has 9 nitrogen and oxygen atoms in total. The van der Waals surface area contributed by atoms with Gasteiger partial charge in [0.2, 0.25) is 12.1 Å². The average molecular weight is 357 g/mol. The highest BCUT2D eigenvalue weighted by molar-refractivity contribution is 5.25. The van der Waals surface area contributed by atoms with Gasteiger partial charge in [-0.3, -0.25) is 35.5 Å². The Morgan fingerprint density at radius 2 is 1.35 bits per heavy atom. The highest BCUT2D eigenvalue weighted by atomic mass is 16.6. The van der Waals surface area contributed by atoms with Crippen LogP contribution in [0.1, 0.15) is 37.1 Å². The van der Waals surface area contributed by atoms with Crippen molar-refractivity contribution in [2.45, 2.75) is 38.0 Å². The van der Waals surface area contributed by atoms with Crippen LogP contribution in [-0.2, 0) is 0 Å². The lowest BCUT2D eigenvalue weighted by Crippen LogP contribution is -2.63. The molecule has 0 spiro atoms. The zero-order chi connectivity index (χ0) is 18.9. The van der Waals surface area contributed by atoms with Gasteiger partial charge < -0.3 is 0 Å². The first-order chi connectivity index (χ1) is 12.3. The van der Waals surface area contributed by atoms with Crippen molar-refractivity contribution in [2.24, 2.45) is 5.41 Å². The fourth-order valence-electron chi connectivity index (χ4n) is 3.87. The van der Waals surface area contributed by atoms with Crippen molar-refractivity contribution in [3.05, 3.63) is 80.4 Å². The molecular weight excluding hydrogens is 338 g/mol. The summed E-state index contributed by atoms with van der Waals surface area (Å²) in [6.07, 6.45) is 6.27. The van der Waals surface area contributed by atoms with Crippen LogP contribution in [-0.4, -0.2) is 31.9 Å². The Bertz CT molecular complexity index is 734. The maximum atomic E-state index is 11.9. The predicted molar refractivity (Wildman–Crippen MR) is 92.4 cm³/mol. The summed E-state index contributed by atoms with van der Waals surface area (Å²) in [4.78, 5) is 31.0. The van der Waals surface area contributed by atoms with Gasteiger partial charge in [0.1, 0.15) is 17.5 Å². The first-order valence-corrected chi connectivity index (χ1v) is 8.17. The van der Waals surface area contributed by atoms with Crippen molar-refractivity contribution in [2.75, 3.05) is 0 Å². The molecule has 9 heteroatoms. The van der Waals surface area contributed by atoms with Gasteiger partial charge in [0.15, 0.2) is 0 Å². The molecule has 0 bridgehead atoms. The van der Waals surface area contributed by atoms with E-state index in [-0.39, 0.29) is 0 Å². The van der Waals surface area contributed by atoms with Gasteiger partial charge in [0, 0.05) is 34.6 Å². The Hall–Kier alpha value is -2.94. The SMILES string of the molecule is CC1(C)[C@@H]([N+](=O)[O-])[C@@H](c2cccnc2)N[C@H](c2cccnc2)[C@@H]1[N+](=O)[O-]. The van der Waals surface area contributed by atoms with E-state index in [4.69, 9.17) is 0 Å². The Kier molecular flexibility index (Phi) is 4.64. The lowest BCUT2D eigenvalue weighted by Gasteiger charge is -2.44. The van der Waals surface area contributed by atoms with Crippen molar-refractivity contribution in [1.29, 1.82) is 0 Å². The molecule has 0 saturated carbocycles. The minimum atomic E-state index is -1.21. The number of nitrogens with one attached hydrogen (secondary N) is 1. The summed E-state index contributed by atoms with van der Waals surface area (Å²) >= 11 is 0. The largest absolute Gasteiger partial charge is 0.291 e. The Morgan fingerprint density at radius 3 is 1.65 bits per heavy atom. The number of rotatable bonds is 4. The van der Waals surface area contributed by atoms with Crippen LogP contribution in [0.2, 0.25) is 0 Å². The number of hydrogen-bond donors (Lipinski definition) is 1. The van der Waals surface area contributed by atoms with Gasteiger partial charge in [-0.25, -0.2) is 0 Å². The van der Waals surface area contributed by atoms with Crippen molar-refractivity contribution >= 4 is 0 Å². The second-order valence-corrected chi connectivity index (χ2v) is 6.98. The van der Waals surface area contributed by atoms with E-state index in [2.05, 4.69) is 15.3 Å². The smallest absolute Gasteiger partial charge is 0.244 e. The maximum Gasteiger partial charge on any atom is 0.244 e. The van der Waals surface area contributed by atoms with Crippen molar-refractivity contribution in [3.8, 4) is 0 Å². The van der Waals surface area contributed by atoms with Crippen LogP contribution in [0.5, 0.6) is 0 Å². The van der Waals surface area contributed by atoms with Gasteiger partial charge in [-0.05, 0) is 37.1 Å². The summed E-state index contributed by atoms with van der Waals surface area (Å²) in [7, 11) is 0. The molecular formula is C17H19N5O4. The number of piperidine rings is 1. The van der Waals surface area contributed by atoms with Crippen LogP contribution < -0.4 is 5.32 Å². The van der Waals surface area contributed by atoms with Crippen LogP contribution in [0.4, 0.5) is 0 Å². The molecule has 4 atom stereocenters. The van der Waals surface area contributed by atoms with Gasteiger partial charge in [0.05, 0.1) is 0 Å². The van der Waals surface area contributed by atoms with Crippen LogP contribution in [0.25, 0.3) is 0 Å². The summed E-state index contributed by atoms with van der Waals surface area (Å²) in [6, 6.07) is 3.07. The number of nitro groups is 2. The third kappa shape index (κ3) is 3.01. The number of pyridine rings is 2. The van der Waals surface area contributed by atoms with E-state index in [1.165, 1.54) is 0 Å². The molecule has 3 rings (SSSR count). The molecule has 2 aromatic heterocycles. The number of nitrogens with zero attached hydrogens (tertiary/aromatic N) is 4. The van der Waals surface area contributed by atoms with Crippen molar-refractivity contribution in [3.63, 3.8) is 0 Å². The molecule has 2 aromatic rings. The highest BCUT2D eigenvalue weighted by Gasteiger charge is 2.62. The molecule has 26 heavy (non-hydrogen) atoms. The lowest BCUT2D eigenvalue weighted by atomic mass is 9.66. The molecule has 1 N–H and O–H groups in total. The normalized spacial score (nSPS) is 27.6. The molecule has 3 heterocycles. The lowest BCUT2D eigenvalue weighted by molar-refractivity contribution is -0.605. The Morgan fingerprint density at radius 1 is 0.923 bits per heavy atom. The zero-order valence-electron chi connectivity index (χ0n) is 14.4. The van der Waals surface area contributed by atoms with E-state index >= 15 is 0 Å². The van der Waals surface area contributed by atoms with Crippen LogP contribution >= 0.6 is 0 Å². The first-order valence-electron chi connectivity index (χ1n) is 8.17. The monoisotopic (exact) mass is 357 g/mol. The summed E-state index contributed by atoms with van der Waals surface area (Å²) in [5.74, 6) is 0. The summed E-state index contributed by atoms with van der Waals surface area (Å²) in [5, 5.41) is 26.9. The molecule has 0 radical (unpaired) electrons. The molecule has 1 aliphatic rings. The zero-order valence-corrected chi connectivity index (χ0v) is 14.4. The highest BCUT2D eigenvalue weighted by Crippen LogP contribution is 2.46. The molecule has 136 valence electrons. The molecule has 1 saturated heterocycles. The number of aromatic nitrogens is 2. The fourth-order valence-corrected chi connectivity index (χ4v) is 3.87. The molecule has 0 aromatic carbocycles. The van der Waals surface area contributed by atoms with E-state index in [9.17, 15) is 20.2 Å². The Balaban J connectivity index is 2.14. The molecule has 1 fully saturated rings. The summed E-state index contributed by atoms with van der Waals surface area (Å²) in [5.41, 5.74) is 0.0372. The van der Waals surface area contributed by atoms with Crippen molar-refractivity contribution in [1.82, 2.24) is 15.3 Å². The molecule has 1 aliphatic heterocycles. The van der Waals surface area contributed by atoms with E-state index in [1.807, 2.05) is 0 Å². The van der Waals surface area contributed by atoms with Gasteiger partial charge in [-0.15, -0.1) is 0 Å². The third-order valence-corrected chi connectivity index (χ3v) is 5.06. The molecule has 0 amide bonds. The molecule has 0 aliphatic carbocycles. The maximum absolute atomic E-state index is 11.9. The second-order valence-electron chi connectivity index (χ2n) is 6.98. The predicted octanol–water partition coefficient (Wildman–Crippen LogP) is 2.18. The second kappa shape index (κ2) is 6.75. The fraction of sp³-hybridized carbons (Fsp3) is 0.412. The standard InChI is InChI=1S/C17H19N5O4/c1-17(2)15(21(23)24)13(11-5-3-7-18-9-11)20-14(16(17)22(25)26)12-6-4-8-19-10-12/h3-10,13-16,20H,1-2H3/t13-,14-,15+,16+/m1/s1. The Labute approximate surface area is 149 Å². The minimum absolute atomic E-state index is 0.430. The van der Waals surface area contributed by atoms with E-state index < -0.39 is 39.4 Å². The van der Waals surface area contributed by atoms with E-state index in [1.54, 1.807) is 62.9 Å². The van der Waals surface area contributed by atoms with E-state index in [0.29, 0.717) is 11.1 Å². The topological polar surface area (TPSA) is 124 Å². The van der Waals surface area contributed by atoms with Crippen molar-refractivity contribution < 1.29 is 9.85 Å². The van der Waals surface area contributed by atoms with Gasteiger partial charge in [0.25, 0.3) is 0 Å². The van der Waals surface area contributed by atoms with Gasteiger partial charge in [-0.1, -0.05) is 12.1 Å². The number of hydrogen-bond acceptors (Lipinski definition) is 7. The van der Waals surface area contributed by atoms with E-state index in [0.717, 1.165) is 0 Å². The van der Waals surface area contributed by atoms with Crippen LogP contribution in [0.15, 0.2) is 49.1 Å². The molecule has 0 unspecified atom stereocenters. The van der Waals surface area contributed by atoms with Crippen LogP contribution in [0.3, 0.4) is 0 Å². The quantitative estimate of drug-likeness (QED) is 0.657. The summed E-state index contributed by atoms with van der Waals surface area (Å²) in [6.45, 7) is 3.17. The van der Waals surface area contributed by atoms with Gasteiger partial charge in [-0.2, -0.15) is 0 Å². The average Bonchev–Trinajstić information content (AvgIpc) is 2.60. The summed E-state index contributed by atoms with van der Waals surface area (Å²) < 4.78 is 0. The van der Waals surface area contributed by atoms with Crippen LogP contribution in [0, 0.1) is 25.6 Å².